The first kappa shape index (κ1) is 41.7. The van der Waals surface area contributed by atoms with E-state index in [2.05, 4.69) is 291 Å². The highest BCUT2D eigenvalue weighted by molar-refractivity contribution is 5.97. The molecule has 2 nitrogen and oxygen atoms in total. The van der Waals surface area contributed by atoms with Crippen molar-refractivity contribution >= 4 is 44.9 Å². The van der Waals surface area contributed by atoms with Gasteiger partial charge in [0.05, 0.1) is 0 Å². The maximum absolute atomic E-state index is 2.47. The third-order valence-corrected chi connectivity index (χ3v) is 14.0. The summed E-state index contributed by atoms with van der Waals surface area (Å²) in [4.78, 5) is 4.85. The van der Waals surface area contributed by atoms with Crippen LogP contribution in [0.5, 0.6) is 0 Å². The molecule has 1 aliphatic rings. The smallest absolute Gasteiger partial charge is 0.0488 e. The minimum atomic E-state index is -0.170. The van der Waals surface area contributed by atoms with E-state index in [0.29, 0.717) is 0 Å². The normalized spacial score (nSPS) is 12.3. The molecule has 0 N–H and O–H groups in total. The Morgan fingerprint density at radius 1 is 0.246 bits per heavy atom. The van der Waals surface area contributed by atoms with Gasteiger partial charge in [0.2, 0.25) is 0 Å². The van der Waals surface area contributed by atoms with E-state index in [1.807, 2.05) is 0 Å². The van der Waals surface area contributed by atoms with Gasteiger partial charge in [-0.2, -0.15) is 0 Å². The Hall–Kier alpha value is -8.72. The molecule has 1 aliphatic carbocycles. The standard InChI is InChI=1S/C67H50N2/c1-67(2)64-36-18-17-33-62(64)63-40-39-57(46-65(63)67)69(56-38-37-47-21-15-16-26-51(47)42-56)59-44-53(43-58(45-59)68(54-29-11-5-12-30-54)55-31-13-6-14-32-55)50-27-19-28-52(41-50)66-60(48-22-7-3-8-23-48)34-20-35-61(66)49-24-9-4-10-25-49/h3-46H,1-2H3. The molecule has 0 aromatic heterocycles. The largest absolute Gasteiger partial charge is 0.310 e. The zero-order valence-electron chi connectivity index (χ0n) is 38.8. The summed E-state index contributed by atoms with van der Waals surface area (Å²) in [5.74, 6) is 0. The molecule has 11 aromatic rings. The predicted octanol–water partition coefficient (Wildman–Crippen LogP) is 18.8. The summed E-state index contributed by atoms with van der Waals surface area (Å²) in [5.41, 5.74) is 21.0. The second-order valence-corrected chi connectivity index (χ2v) is 18.6. The number of benzene rings is 11. The van der Waals surface area contributed by atoms with Crippen LogP contribution in [0, 0.1) is 0 Å². The van der Waals surface area contributed by atoms with Crippen LogP contribution in [0.3, 0.4) is 0 Å². The van der Waals surface area contributed by atoms with Gasteiger partial charge < -0.3 is 9.80 Å². The first-order chi connectivity index (χ1) is 34.0. The number of anilines is 6. The Labute approximate surface area is 405 Å². The first-order valence-electron chi connectivity index (χ1n) is 23.9. The van der Waals surface area contributed by atoms with Crippen molar-refractivity contribution in [3.63, 3.8) is 0 Å². The Kier molecular flexibility index (Phi) is 10.6. The fourth-order valence-electron chi connectivity index (χ4n) is 10.6. The van der Waals surface area contributed by atoms with Crippen LogP contribution in [-0.2, 0) is 5.41 Å². The maximum Gasteiger partial charge on any atom is 0.0488 e. The minimum absolute atomic E-state index is 0.170. The van der Waals surface area contributed by atoms with E-state index in [1.54, 1.807) is 0 Å². The van der Waals surface area contributed by atoms with Crippen LogP contribution < -0.4 is 9.80 Å². The van der Waals surface area contributed by atoms with Crippen molar-refractivity contribution < 1.29 is 0 Å². The third kappa shape index (κ3) is 7.67. The monoisotopic (exact) mass is 882 g/mol. The molecule has 2 heteroatoms. The molecule has 11 aromatic carbocycles. The Bertz CT molecular complexity index is 3540. The van der Waals surface area contributed by atoms with Gasteiger partial charge in [-0.25, -0.2) is 0 Å². The number of rotatable bonds is 10. The highest BCUT2D eigenvalue weighted by Crippen LogP contribution is 2.52. The quantitative estimate of drug-likeness (QED) is 0.135. The van der Waals surface area contributed by atoms with E-state index in [1.165, 1.54) is 60.8 Å². The zero-order valence-corrected chi connectivity index (χ0v) is 38.8. The summed E-state index contributed by atoms with van der Waals surface area (Å²) in [7, 11) is 0. The van der Waals surface area contributed by atoms with Crippen molar-refractivity contribution in [3.8, 4) is 55.6 Å². The fraction of sp³-hybridized carbons (Fsp3) is 0.0448. The molecule has 0 aliphatic heterocycles. The van der Waals surface area contributed by atoms with Crippen LogP contribution in [-0.4, -0.2) is 0 Å². The highest BCUT2D eigenvalue weighted by Gasteiger charge is 2.36. The number of para-hydroxylation sites is 2. The summed E-state index contributed by atoms with van der Waals surface area (Å²) < 4.78 is 0. The molecular formula is C67H50N2. The molecular weight excluding hydrogens is 833 g/mol. The molecule has 328 valence electrons. The average Bonchev–Trinajstić information content (AvgIpc) is 3.64. The van der Waals surface area contributed by atoms with Gasteiger partial charge in [0.1, 0.15) is 0 Å². The number of nitrogens with zero attached hydrogens (tertiary/aromatic N) is 2. The van der Waals surface area contributed by atoms with Gasteiger partial charge in [0.15, 0.2) is 0 Å². The lowest BCUT2D eigenvalue weighted by Crippen LogP contribution is -2.17. The molecule has 0 amide bonds. The van der Waals surface area contributed by atoms with Gasteiger partial charge in [0.25, 0.3) is 0 Å². The molecule has 0 saturated heterocycles. The van der Waals surface area contributed by atoms with Gasteiger partial charge in [-0.3, -0.25) is 0 Å². The second-order valence-electron chi connectivity index (χ2n) is 18.6. The van der Waals surface area contributed by atoms with E-state index in [0.717, 1.165) is 50.8 Å². The predicted molar refractivity (Wildman–Crippen MR) is 293 cm³/mol. The highest BCUT2D eigenvalue weighted by atomic mass is 15.2. The summed E-state index contributed by atoms with van der Waals surface area (Å²) in [5, 5.41) is 2.41. The van der Waals surface area contributed by atoms with Crippen LogP contribution in [0.15, 0.2) is 267 Å². The van der Waals surface area contributed by atoms with Crippen molar-refractivity contribution in [2.75, 3.05) is 9.80 Å². The molecule has 0 bridgehead atoms. The van der Waals surface area contributed by atoms with E-state index in [9.17, 15) is 0 Å². The van der Waals surface area contributed by atoms with E-state index in [-0.39, 0.29) is 5.41 Å². The molecule has 0 atom stereocenters. The summed E-state index contributed by atoms with van der Waals surface area (Å²) >= 11 is 0. The van der Waals surface area contributed by atoms with Crippen LogP contribution in [0.25, 0.3) is 66.4 Å². The van der Waals surface area contributed by atoms with Crippen LogP contribution in [0.1, 0.15) is 25.0 Å². The first-order valence-corrected chi connectivity index (χ1v) is 23.9. The van der Waals surface area contributed by atoms with Crippen molar-refractivity contribution in [1.82, 2.24) is 0 Å². The minimum Gasteiger partial charge on any atom is -0.310 e. The molecule has 69 heavy (non-hydrogen) atoms. The van der Waals surface area contributed by atoms with Crippen molar-refractivity contribution in [2.24, 2.45) is 0 Å². The van der Waals surface area contributed by atoms with E-state index >= 15 is 0 Å². The van der Waals surface area contributed by atoms with Crippen LogP contribution in [0.4, 0.5) is 34.1 Å². The lowest BCUT2D eigenvalue weighted by Gasteiger charge is -2.31. The van der Waals surface area contributed by atoms with Crippen molar-refractivity contribution in [3.05, 3.63) is 278 Å². The van der Waals surface area contributed by atoms with Gasteiger partial charge in [-0.1, -0.05) is 208 Å². The molecule has 0 heterocycles. The molecule has 0 radical (unpaired) electrons. The SMILES string of the molecule is CC1(C)c2ccccc2-c2ccc(N(c3cc(-c4cccc(-c5c(-c6ccccc6)cccc5-c5ccccc5)c4)cc(N(c4ccccc4)c4ccccc4)c3)c3ccc4ccccc4c3)cc21. The summed E-state index contributed by atoms with van der Waals surface area (Å²) in [6.07, 6.45) is 0. The molecule has 0 saturated carbocycles. The van der Waals surface area contributed by atoms with E-state index in [4.69, 9.17) is 0 Å². The number of fused-ring (bicyclic) bond motifs is 4. The average molecular weight is 883 g/mol. The maximum atomic E-state index is 2.47. The molecule has 0 fully saturated rings. The molecule has 12 rings (SSSR count). The van der Waals surface area contributed by atoms with Crippen molar-refractivity contribution in [2.45, 2.75) is 19.3 Å². The van der Waals surface area contributed by atoms with E-state index < -0.39 is 0 Å². The topological polar surface area (TPSA) is 6.48 Å². The van der Waals surface area contributed by atoms with Crippen molar-refractivity contribution in [1.29, 1.82) is 0 Å². The second kappa shape index (κ2) is 17.5. The third-order valence-electron chi connectivity index (χ3n) is 14.0. The van der Waals surface area contributed by atoms with Gasteiger partial charge in [-0.05, 0) is 150 Å². The Morgan fingerprint density at radius 2 is 0.710 bits per heavy atom. The number of hydrogen-bond acceptors (Lipinski definition) is 2. The van der Waals surface area contributed by atoms with Gasteiger partial charge >= 0.3 is 0 Å². The molecule has 0 spiro atoms. The lowest BCUT2D eigenvalue weighted by molar-refractivity contribution is 0.660. The van der Waals surface area contributed by atoms with Crippen LogP contribution in [0.2, 0.25) is 0 Å². The zero-order chi connectivity index (χ0) is 46.3. The van der Waals surface area contributed by atoms with Gasteiger partial charge in [-0.15, -0.1) is 0 Å². The summed E-state index contributed by atoms with van der Waals surface area (Å²) in [6, 6.07) is 97.6. The number of hydrogen-bond donors (Lipinski definition) is 0. The van der Waals surface area contributed by atoms with Crippen LogP contribution >= 0.6 is 0 Å². The lowest BCUT2D eigenvalue weighted by atomic mass is 9.82. The Morgan fingerprint density at radius 3 is 1.36 bits per heavy atom. The fourth-order valence-corrected chi connectivity index (χ4v) is 10.6. The molecule has 0 unspecified atom stereocenters. The summed E-state index contributed by atoms with van der Waals surface area (Å²) in [6.45, 7) is 4.73. The Balaban J connectivity index is 1.11. The van der Waals surface area contributed by atoms with Gasteiger partial charge in [0, 0.05) is 39.5 Å².